The molecule has 1 aromatic heterocycles. The van der Waals surface area contributed by atoms with Crippen LogP contribution in [0.5, 0.6) is 5.88 Å². The summed E-state index contributed by atoms with van der Waals surface area (Å²) in [6.07, 6.45) is 2.42. The molecule has 0 N–H and O–H groups in total. The first-order chi connectivity index (χ1) is 18.8. The van der Waals surface area contributed by atoms with E-state index in [-0.39, 0.29) is 39.5 Å². The molecule has 3 aromatic rings. The molecule has 9 heteroatoms. The zero-order valence-corrected chi connectivity index (χ0v) is 22.2. The van der Waals surface area contributed by atoms with Crippen molar-refractivity contribution in [1.29, 1.82) is 0 Å². The van der Waals surface area contributed by atoms with Crippen LogP contribution < -0.4 is 4.74 Å². The van der Waals surface area contributed by atoms with Crippen LogP contribution in [0.3, 0.4) is 0 Å². The fourth-order valence-corrected chi connectivity index (χ4v) is 6.20. The smallest absolute Gasteiger partial charge is 0.254 e. The molecule has 2 saturated heterocycles. The average molecular weight is 544 g/mol. The molecule has 0 bridgehead atoms. The second-order valence-corrected chi connectivity index (χ2v) is 10.8. The molecule has 1 aliphatic carbocycles. The third-order valence-corrected chi connectivity index (χ3v) is 8.43. The highest BCUT2D eigenvalue weighted by molar-refractivity contribution is 6.30. The van der Waals surface area contributed by atoms with Crippen molar-refractivity contribution in [2.24, 2.45) is 5.41 Å². The van der Waals surface area contributed by atoms with Gasteiger partial charge in [0.25, 0.3) is 11.8 Å². The number of aromatic nitrogens is 1. The van der Waals surface area contributed by atoms with E-state index in [0.29, 0.717) is 59.9 Å². The summed E-state index contributed by atoms with van der Waals surface area (Å²) < 4.78 is 5.14. The number of rotatable bonds is 3. The summed E-state index contributed by atoms with van der Waals surface area (Å²) in [5.41, 5.74) is 2.16. The van der Waals surface area contributed by atoms with Crippen LogP contribution in [0.25, 0.3) is 0 Å². The maximum Gasteiger partial charge on any atom is 0.254 e. The number of halogens is 1. The Bertz CT molecular complexity index is 1540. The van der Waals surface area contributed by atoms with Crippen LogP contribution in [0.2, 0.25) is 5.15 Å². The van der Waals surface area contributed by atoms with E-state index in [1.165, 1.54) is 7.11 Å². The van der Waals surface area contributed by atoms with Crippen molar-refractivity contribution < 1.29 is 23.9 Å². The van der Waals surface area contributed by atoms with Gasteiger partial charge in [-0.25, -0.2) is 4.98 Å². The van der Waals surface area contributed by atoms with Crippen molar-refractivity contribution in [3.8, 4) is 5.88 Å². The molecule has 8 nitrogen and oxygen atoms in total. The monoisotopic (exact) mass is 543 g/mol. The lowest BCUT2D eigenvalue weighted by atomic mass is 9.77. The summed E-state index contributed by atoms with van der Waals surface area (Å²) in [5, 5.41) is 0.202. The first kappa shape index (κ1) is 25.2. The number of nitrogens with zero attached hydrogens (tertiary/aromatic N) is 3. The molecule has 3 heterocycles. The van der Waals surface area contributed by atoms with E-state index in [2.05, 4.69) is 4.98 Å². The number of piperidine rings is 1. The summed E-state index contributed by atoms with van der Waals surface area (Å²) >= 11 is 6.05. The minimum Gasteiger partial charge on any atom is -0.481 e. The molecule has 0 unspecified atom stereocenters. The number of methoxy groups -OCH3 is 1. The zero-order valence-electron chi connectivity index (χ0n) is 21.4. The fraction of sp³-hybridized carbons (Fsp3) is 0.300. The van der Waals surface area contributed by atoms with Gasteiger partial charge in [-0.1, -0.05) is 35.9 Å². The van der Waals surface area contributed by atoms with Gasteiger partial charge in [-0.3, -0.25) is 19.2 Å². The normalized spacial score (nSPS) is 17.7. The van der Waals surface area contributed by atoms with Gasteiger partial charge in [0.05, 0.1) is 7.11 Å². The number of carbonyl (C=O) groups is 4. The Morgan fingerprint density at radius 1 is 0.795 bits per heavy atom. The molecule has 198 valence electrons. The number of fused-ring (bicyclic) bond motifs is 2. The Hall–Kier alpha value is -4.04. The third-order valence-electron chi connectivity index (χ3n) is 8.24. The third kappa shape index (κ3) is 4.38. The van der Waals surface area contributed by atoms with Crippen LogP contribution in [0.1, 0.15) is 71.8 Å². The fourth-order valence-electron chi connectivity index (χ4n) is 6.00. The highest BCUT2D eigenvalue weighted by atomic mass is 35.5. The largest absolute Gasteiger partial charge is 0.481 e. The SMILES string of the molecule is COc1cc(C(=O)N2CCC3(CC2)CCN(C(=O)c2ccc4c(c2)C(=O)c2ccccc2C4=O)C3)cc(Cl)n1. The van der Waals surface area contributed by atoms with Gasteiger partial charge < -0.3 is 14.5 Å². The number of likely N-dealkylation sites (tertiary alicyclic amines) is 2. The molecule has 2 aromatic carbocycles. The van der Waals surface area contributed by atoms with E-state index in [4.69, 9.17) is 16.3 Å². The molecule has 0 radical (unpaired) electrons. The van der Waals surface area contributed by atoms with E-state index in [0.717, 1.165) is 19.3 Å². The van der Waals surface area contributed by atoms with E-state index in [9.17, 15) is 19.2 Å². The van der Waals surface area contributed by atoms with Crippen molar-refractivity contribution in [3.05, 3.63) is 93.1 Å². The number of pyridine rings is 1. The van der Waals surface area contributed by atoms with Crippen molar-refractivity contribution in [1.82, 2.24) is 14.8 Å². The van der Waals surface area contributed by atoms with Gasteiger partial charge in [0, 0.05) is 65.6 Å². The molecular weight excluding hydrogens is 518 g/mol. The van der Waals surface area contributed by atoms with Crippen LogP contribution in [0, 0.1) is 5.41 Å². The van der Waals surface area contributed by atoms with Crippen LogP contribution in [0.15, 0.2) is 54.6 Å². The van der Waals surface area contributed by atoms with Gasteiger partial charge in [-0.05, 0) is 48.9 Å². The Morgan fingerprint density at radius 2 is 1.38 bits per heavy atom. The lowest BCUT2D eigenvalue weighted by Gasteiger charge is -2.39. The van der Waals surface area contributed by atoms with Gasteiger partial charge >= 0.3 is 0 Å². The highest BCUT2D eigenvalue weighted by Gasteiger charge is 2.43. The summed E-state index contributed by atoms with van der Waals surface area (Å²) in [5.74, 6) is -0.410. The Kier molecular flexibility index (Phi) is 6.22. The summed E-state index contributed by atoms with van der Waals surface area (Å²) in [6, 6.07) is 14.7. The van der Waals surface area contributed by atoms with Crippen molar-refractivity contribution in [2.45, 2.75) is 19.3 Å². The number of amides is 2. The Morgan fingerprint density at radius 3 is 2.05 bits per heavy atom. The number of carbonyl (C=O) groups excluding carboxylic acids is 4. The van der Waals surface area contributed by atoms with Crippen molar-refractivity contribution in [2.75, 3.05) is 33.3 Å². The number of ketones is 2. The van der Waals surface area contributed by atoms with E-state index in [1.54, 1.807) is 54.6 Å². The average Bonchev–Trinajstić information content (AvgIpc) is 3.38. The molecule has 2 fully saturated rings. The second kappa shape index (κ2) is 9.61. The molecule has 2 aliphatic heterocycles. The van der Waals surface area contributed by atoms with Gasteiger partial charge in [-0.15, -0.1) is 0 Å². The number of hydrogen-bond donors (Lipinski definition) is 0. The van der Waals surface area contributed by atoms with E-state index in [1.807, 2.05) is 9.80 Å². The maximum atomic E-state index is 13.5. The summed E-state index contributed by atoms with van der Waals surface area (Å²) in [4.78, 5) is 60.3. The lowest BCUT2D eigenvalue weighted by Crippen LogP contribution is -2.44. The standard InChI is InChI=1S/C30H26ClN3O5/c1-39-25-16-19(15-24(31)32-25)29(38)33-11-8-30(9-12-33)10-13-34(17-30)28(37)18-6-7-22-23(14-18)27(36)21-5-3-2-4-20(21)26(22)35/h2-7,14-16H,8-13,17H2,1H3. The van der Waals surface area contributed by atoms with E-state index >= 15 is 0 Å². The molecule has 0 saturated carbocycles. The molecule has 0 atom stereocenters. The number of ether oxygens (including phenoxy) is 1. The maximum absolute atomic E-state index is 13.5. The molecular formula is C30H26ClN3O5. The van der Waals surface area contributed by atoms with Crippen LogP contribution >= 0.6 is 11.6 Å². The quantitative estimate of drug-likeness (QED) is 0.358. The number of hydrogen-bond acceptors (Lipinski definition) is 6. The van der Waals surface area contributed by atoms with Crippen molar-refractivity contribution >= 4 is 35.0 Å². The first-order valence-electron chi connectivity index (χ1n) is 12.9. The molecule has 6 rings (SSSR count). The van der Waals surface area contributed by atoms with Gasteiger partial charge in [-0.2, -0.15) is 0 Å². The predicted octanol–water partition coefficient (Wildman–Crippen LogP) is 4.29. The molecule has 3 aliphatic rings. The summed E-state index contributed by atoms with van der Waals surface area (Å²) in [6.45, 7) is 2.36. The second-order valence-electron chi connectivity index (χ2n) is 10.5. The van der Waals surface area contributed by atoms with E-state index < -0.39 is 0 Å². The van der Waals surface area contributed by atoms with Crippen LogP contribution in [-0.4, -0.2) is 71.5 Å². The van der Waals surface area contributed by atoms with Gasteiger partial charge in [0.1, 0.15) is 5.15 Å². The molecule has 1 spiro atoms. The highest BCUT2D eigenvalue weighted by Crippen LogP contribution is 2.41. The van der Waals surface area contributed by atoms with Gasteiger partial charge in [0.15, 0.2) is 11.6 Å². The predicted molar refractivity (Wildman–Crippen MR) is 144 cm³/mol. The number of benzene rings is 2. The van der Waals surface area contributed by atoms with Crippen LogP contribution in [0.4, 0.5) is 0 Å². The summed E-state index contributed by atoms with van der Waals surface area (Å²) in [7, 11) is 1.48. The minimum absolute atomic E-state index is 0.0566. The lowest BCUT2D eigenvalue weighted by molar-refractivity contribution is 0.0565. The minimum atomic E-state index is -0.238. The molecule has 2 amide bonds. The van der Waals surface area contributed by atoms with Crippen molar-refractivity contribution in [3.63, 3.8) is 0 Å². The zero-order chi connectivity index (χ0) is 27.3. The first-order valence-corrected chi connectivity index (χ1v) is 13.3. The Labute approximate surface area is 230 Å². The Balaban J connectivity index is 1.14. The topological polar surface area (TPSA) is 96.9 Å². The van der Waals surface area contributed by atoms with Crippen LogP contribution in [-0.2, 0) is 0 Å². The van der Waals surface area contributed by atoms with Gasteiger partial charge in [0.2, 0.25) is 5.88 Å². The molecule has 39 heavy (non-hydrogen) atoms.